The molecule has 0 saturated heterocycles. The third kappa shape index (κ3) is 5.70. The van der Waals surface area contributed by atoms with Crippen molar-refractivity contribution in [1.82, 2.24) is 5.32 Å². The van der Waals surface area contributed by atoms with E-state index in [0.717, 1.165) is 5.39 Å². The quantitative estimate of drug-likeness (QED) is 0.307. The van der Waals surface area contributed by atoms with Crippen molar-refractivity contribution >= 4 is 22.8 Å². The summed E-state index contributed by atoms with van der Waals surface area (Å²) in [6, 6.07) is 11.0. The first kappa shape index (κ1) is 23.0. The number of phenols is 1. The maximum absolute atomic E-state index is 12.8. The Morgan fingerprint density at radius 2 is 1.97 bits per heavy atom. The van der Waals surface area contributed by atoms with Crippen LogP contribution in [-0.2, 0) is 4.74 Å². The molecule has 1 aromatic heterocycles. The Kier molecular flexibility index (Phi) is 7.56. The molecule has 0 spiro atoms. The highest BCUT2D eigenvalue weighted by molar-refractivity contribution is 5.96. The van der Waals surface area contributed by atoms with Crippen molar-refractivity contribution < 1.29 is 33.3 Å². The Bertz CT molecular complexity index is 1090. The van der Waals surface area contributed by atoms with Crippen LogP contribution < -0.4 is 20.5 Å². The zero-order valence-corrected chi connectivity index (χ0v) is 17.9. The number of carbonyl (C=O) groups excluding carboxylic acids is 2. The van der Waals surface area contributed by atoms with Crippen molar-refractivity contribution in [2.45, 2.75) is 26.0 Å². The number of fused-ring (bicyclic) bond motifs is 1. The number of methoxy groups -OCH3 is 1. The molecular weight excluding hydrogens is 416 g/mol. The van der Waals surface area contributed by atoms with E-state index in [0.29, 0.717) is 37.4 Å². The minimum Gasteiger partial charge on any atom is -0.504 e. The number of furan rings is 1. The largest absolute Gasteiger partial charge is 0.504 e. The number of benzene rings is 2. The lowest BCUT2D eigenvalue weighted by Gasteiger charge is -2.20. The number of hydrogen-bond donors (Lipinski definition) is 3. The summed E-state index contributed by atoms with van der Waals surface area (Å²) in [4.78, 5) is 24.0. The highest BCUT2D eigenvalue weighted by atomic mass is 16.5. The maximum atomic E-state index is 12.8. The van der Waals surface area contributed by atoms with Crippen molar-refractivity contribution in [2.24, 2.45) is 5.73 Å². The lowest BCUT2D eigenvalue weighted by molar-refractivity contribution is 0.0782. The molecule has 2 amide bonds. The third-order valence-electron chi connectivity index (χ3n) is 4.62. The Hall–Kier alpha value is -3.72. The highest BCUT2D eigenvalue weighted by Gasteiger charge is 2.20. The first-order chi connectivity index (χ1) is 15.4. The molecule has 0 saturated carbocycles. The van der Waals surface area contributed by atoms with E-state index in [1.54, 1.807) is 31.4 Å². The van der Waals surface area contributed by atoms with Gasteiger partial charge in [0.1, 0.15) is 17.9 Å². The van der Waals surface area contributed by atoms with Crippen molar-refractivity contribution in [2.75, 3.05) is 20.3 Å². The average Bonchev–Trinajstić information content (AvgIpc) is 3.19. The van der Waals surface area contributed by atoms with Crippen LogP contribution in [0.1, 0.15) is 40.7 Å². The molecule has 0 aliphatic carbocycles. The predicted octanol–water partition coefficient (Wildman–Crippen LogP) is 3.20. The fourth-order valence-electron chi connectivity index (χ4n) is 3.03. The number of nitrogens with one attached hydrogen (secondary N) is 1. The number of ether oxygens (including phenoxy) is 3. The summed E-state index contributed by atoms with van der Waals surface area (Å²) in [6.45, 7) is 2.82. The molecule has 9 nitrogen and oxygen atoms in total. The van der Waals surface area contributed by atoms with Crippen LogP contribution in [0.25, 0.3) is 11.0 Å². The molecule has 0 aliphatic rings. The average molecular weight is 442 g/mol. The minimum atomic E-state index is -0.723. The molecule has 2 aromatic carbocycles. The number of carbonyl (C=O) groups is 2. The summed E-state index contributed by atoms with van der Waals surface area (Å²) in [7, 11) is 1.60. The van der Waals surface area contributed by atoms with Gasteiger partial charge in [-0.25, -0.2) is 0 Å². The molecule has 32 heavy (non-hydrogen) atoms. The van der Waals surface area contributed by atoms with Gasteiger partial charge in [0.15, 0.2) is 23.5 Å². The van der Waals surface area contributed by atoms with E-state index in [1.807, 2.05) is 6.92 Å². The standard InChI is InChI=1S/C23H26N2O7/c1-3-4-21(32-19-7-5-14(22(24)27)12-17(19)26)25-23(28)20-13-15-11-16(30-10-9-29-2)6-8-18(15)31-20/h5-8,11-13,21,26H,3-4,9-10H2,1-2H3,(H2,24,27)(H,25,28). The zero-order valence-electron chi connectivity index (χ0n) is 17.9. The molecule has 9 heteroatoms. The molecule has 0 aliphatic heterocycles. The van der Waals surface area contributed by atoms with Gasteiger partial charge in [-0.05, 0) is 42.5 Å². The third-order valence-corrected chi connectivity index (χ3v) is 4.62. The van der Waals surface area contributed by atoms with Crippen LogP contribution in [-0.4, -0.2) is 43.5 Å². The van der Waals surface area contributed by atoms with Crippen molar-refractivity contribution in [3.8, 4) is 17.2 Å². The first-order valence-electron chi connectivity index (χ1n) is 10.2. The second-order valence-corrected chi connectivity index (χ2v) is 7.07. The molecule has 0 radical (unpaired) electrons. The van der Waals surface area contributed by atoms with Crippen LogP contribution in [0, 0.1) is 0 Å². The van der Waals surface area contributed by atoms with Gasteiger partial charge in [-0.1, -0.05) is 13.3 Å². The molecule has 1 atom stereocenters. The van der Waals surface area contributed by atoms with Gasteiger partial charge in [0.25, 0.3) is 5.91 Å². The molecule has 170 valence electrons. The monoisotopic (exact) mass is 442 g/mol. The van der Waals surface area contributed by atoms with E-state index in [-0.39, 0.29) is 22.8 Å². The maximum Gasteiger partial charge on any atom is 0.289 e. The lowest BCUT2D eigenvalue weighted by atomic mass is 10.2. The van der Waals surface area contributed by atoms with Crippen molar-refractivity contribution in [1.29, 1.82) is 0 Å². The van der Waals surface area contributed by atoms with Gasteiger partial charge in [0.05, 0.1) is 6.61 Å². The highest BCUT2D eigenvalue weighted by Crippen LogP contribution is 2.28. The number of nitrogens with two attached hydrogens (primary N) is 1. The summed E-state index contributed by atoms with van der Waals surface area (Å²) in [5, 5.41) is 13.6. The van der Waals surface area contributed by atoms with E-state index >= 15 is 0 Å². The Morgan fingerprint density at radius 3 is 2.66 bits per heavy atom. The molecule has 3 aromatic rings. The molecule has 0 bridgehead atoms. The summed E-state index contributed by atoms with van der Waals surface area (Å²) < 4.78 is 22.0. The van der Waals surface area contributed by atoms with E-state index in [2.05, 4.69) is 5.32 Å². The molecule has 3 rings (SSSR count). The molecule has 1 heterocycles. The number of hydrogen-bond acceptors (Lipinski definition) is 7. The number of rotatable bonds is 11. The van der Waals surface area contributed by atoms with Crippen LogP contribution in [0.5, 0.6) is 17.2 Å². The van der Waals surface area contributed by atoms with Gasteiger partial charge < -0.3 is 34.8 Å². The summed E-state index contributed by atoms with van der Waals surface area (Å²) in [5.74, 6) is -0.494. The topological polar surface area (TPSA) is 133 Å². The Morgan fingerprint density at radius 1 is 1.16 bits per heavy atom. The minimum absolute atomic E-state index is 0.118. The Balaban J connectivity index is 1.71. The summed E-state index contributed by atoms with van der Waals surface area (Å²) >= 11 is 0. The smallest absolute Gasteiger partial charge is 0.289 e. The molecule has 0 fully saturated rings. The van der Waals surface area contributed by atoms with Crippen LogP contribution in [0.4, 0.5) is 0 Å². The fourth-order valence-corrected chi connectivity index (χ4v) is 3.03. The molecule has 4 N–H and O–H groups in total. The van der Waals surface area contributed by atoms with Gasteiger partial charge in [0, 0.05) is 24.5 Å². The second kappa shape index (κ2) is 10.5. The lowest BCUT2D eigenvalue weighted by Crippen LogP contribution is -2.38. The van der Waals surface area contributed by atoms with E-state index < -0.39 is 18.0 Å². The normalized spacial score (nSPS) is 11.8. The second-order valence-electron chi connectivity index (χ2n) is 7.07. The van der Waals surface area contributed by atoms with Gasteiger partial charge in [-0.15, -0.1) is 0 Å². The summed E-state index contributed by atoms with van der Waals surface area (Å²) in [6.07, 6.45) is 0.479. The van der Waals surface area contributed by atoms with Gasteiger partial charge >= 0.3 is 0 Å². The van der Waals surface area contributed by atoms with Crippen LogP contribution in [0.2, 0.25) is 0 Å². The van der Waals surface area contributed by atoms with Gasteiger partial charge in [0.2, 0.25) is 5.91 Å². The number of primary amides is 1. The van der Waals surface area contributed by atoms with E-state index in [9.17, 15) is 14.7 Å². The fraction of sp³-hybridized carbons (Fsp3) is 0.304. The number of amides is 2. The van der Waals surface area contributed by atoms with E-state index in [4.69, 9.17) is 24.4 Å². The van der Waals surface area contributed by atoms with Gasteiger partial charge in [-0.2, -0.15) is 0 Å². The Labute approximate surface area is 185 Å². The number of phenolic OH excluding ortho intramolecular Hbond substituents is 1. The molecular formula is C23H26N2O7. The van der Waals surface area contributed by atoms with Crippen molar-refractivity contribution in [3.63, 3.8) is 0 Å². The first-order valence-corrected chi connectivity index (χ1v) is 10.2. The predicted molar refractivity (Wildman–Crippen MR) is 117 cm³/mol. The summed E-state index contributed by atoms with van der Waals surface area (Å²) in [5.41, 5.74) is 5.91. The van der Waals surface area contributed by atoms with Crippen LogP contribution >= 0.6 is 0 Å². The van der Waals surface area contributed by atoms with Crippen molar-refractivity contribution in [3.05, 3.63) is 53.8 Å². The SMILES string of the molecule is CCCC(NC(=O)c1cc2cc(OCCOC)ccc2o1)Oc1ccc(C(N)=O)cc1O. The zero-order chi connectivity index (χ0) is 23.1. The van der Waals surface area contributed by atoms with Crippen LogP contribution in [0.3, 0.4) is 0 Å². The van der Waals surface area contributed by atoms with Crippen LogP contribution in [0.15, 0.2) is 46.9 Å². The molecule has 1 unspecified atom stereocenters. The van der Waals surface area contributed by atoms with Gasteiger partial charge in [-0.3, -0.25) is 9.59 Å². The van der Waals surface area contributed by atoms with E-state index in [1.165, 1.54) is 18.2 Å². The number of aromatic hydroxyl groups is 1.